The monoisotopic (exact) mass is 370 g/mol. The minimum absolute atomic E-state index is 0.0127. The molecule has 5 nitrogen and oxygen atoms in total. The van der Waals surface area contributed by atoms with Crippen molar-refractivity contribution in [2.75, 3.05) is 11.4 Å². The summed E-state index contributed by atoms with van der Waals surface area (Å²) in [6, 6.07) is 7.42. The van der Waals surface area contributed by atoms with Gasteiger partial charge in [-0.25, -0.2) is 4.98 Å². The third-order valence-corrected chi connectivity index (χ3v) is 4.90. The number of oxazole rings is 1. The van der Waals surface area contributed by atoms with E-state index in [1.165, 1.54) is 0 Å². The average Bonchev–Trinajstić information content (AvgIpc) is 3.24. The first-order valence-electron chi connectivity index (χ1n) is 8.62. The molecule has 0 atom stereocenters. The van der Waals surface area contributed by atoms with Gasteiger partial charge in [-0.1, -0.05) is 11.6 Å². The van der Waals surface area contributed by atoms with Gasteiger partial charge in [0.15, 0.2) is 5.76 Å². The van der Waals surface area contributed by atoms with Crippen molar-refractivity contribution in [3.05, 3.63) is 58.1 Å². The lowest BCUT2D eigenvalue weighted by Crippen LogP contribution is -2.37. The molecule has 0 radical (unpaired) electrons. The van der Waals surface area contributed by atoms with Crippen LogP contribution in [0.1, 0.15) is 29.0 Å². The number of furan rings is 1. The van der Waals surface area contributed by atoms with Crippen LogP contribution in [-0.4, -0.2) is 17.4 Å². The Morgan fingerprint density at radius 2 is 2.19 bits per heavy atom. The van der Waals surface area contributed by atoms with E-state index < -0.39 is 0 Å². The van der Waals surface area contributed by atoms with Crippen molar-refractivity contribution in [2.45, 2.75) is 33.1 Å². The molecule has 3 aromatic rings. The van der Waals surface area contributed by atoms with Gasteiger partial charge in [-0.3, -0.25) is 4.79 Å². The standard InChI is InChI=1S/C20H19ClN2O3/c1-12-9-15(21)10-14-5-3-7-23(19(12)14)18(24)11-16-13(2)26-20(22-16)17-6-4-8-25-17/h4,6,8-10H,3,5,7,11H2,1-2H3. The van der Waals surface area contributed by atoms with Crippen molar-refractivity contribution >= 4 is 23.2 Å². The van der Waals surface area contributed by atoms with Crippen LogP contribution < -0.4 is 4.90 Å². The Labute approximate surface area is 156 Å². The van der Waals surface area contributed by atoms with Gasteiger partial charge < -0.3 is 13.7 Å². The summed E-state index contributed by atoms with van der Waals surface area (Å²) < 4.78 is 11.0. The summed E-state index contributed by atoms with van der Waals surface area (Å²) in [5.74, 6) is 1.60. The van der Waals surface area contributed by atoms with Gasteiger partial charge in [0.05, 0.1) is 18.4 Å². The summed E-state index contributed by atoms with van der Waals surface area (Å²) >= 11 is 6.18. The Morgan fingerprint density at radius 1 is 1.35 bits per heavy atom. The molecule has 0 fully saturated rings. The van der Waals surface area contributed by atoms with E-state index in [1.807, 2.05) is 30.9 Å². The van der Waals surface area contributed by atoms with Gasteiger partial charge >= 0.3 is 0 Å². The minimum Gasteiger partial charge on any atom is -0.459 e. The fourth-order valence-electron chi connectivity index (χ4n) is 3.51. The predicted octanol–water partition coefficient (Wildman–Crippen LogP) is 4.73. The first kappa shape index (κ1) is 16.9. The molecule has 134 valence electrons. The van der Waals surface area contributed by atoms with Crippen LogP contribution in [0, 0.1) is 13.8 Å². The molecule has 0 saturated heterocycles. The fourth-order valence-corrected chi connectivity index (χ4v) is 3.80. The van der Waals surface area contributed by atoms with E-state index in [0.717, 1.165) is 29.7 Å². The second-order valence-corrected chi connectivity index (χ2v) is 6.99. The van der Waals surface area contributed by atoms with E-state index in [9.17, 15) is 4.79 Å². The second kappa shape index (κ2) is 6.65. The smallest absolute Gasteiger partial charge is 0.263 e. The molecule has 1 aliphatic heterocycles. The Hall–Kier alpha value is -2.53. The van der Waals surface area contributed by atoms with Gasteiger partial charge in [0.1, 0.15) is 5.76 Å². The lowest BCUT2D eigenvalue weighted by molar-refractivity contribution is -0.118. The maximum absolute atomic E-state index is 13.0. The maximum Gasteiger partial charge on any atom is 0.263 e. The summed E-state index contributed by atoms with van der Waals surface area (Å²) in [6.45, 7) is 4.51. The number of amides is 1. The van der Waals surface area contributed by atoms with Crippen LogP contribution in [0.4, 0.5) is 5.69 Å². The number of hydrogen-bond donors (Lipinski definition) is 0. The molecule has 0 aliphatic carbocycles. The highest BCUT2D eigenvalue weighted by Gasteiger charge is 2.26. The number of aryl methyl sites for hydroxylation is 3. The highest BCUT2D eigenvalue weighted by molar-refractivity contribution is 6.30. The largest absolute Gasteiger partial charge is 0.459 e. The Morgan fingerprint density at radius 3 is 2.96 bits per heavy atom. The Bertz CT molecular complexity index is 960. The predicted molar refractivity (Wildman–Crippen MR) is 99.5 cm³/mol. The normalized spacial score (nSPS) is 13.7. The van der Waals surface area contributed by atoms with Crippen LogP contribution in [-0.2, 0) is 17.6 Å². The average molecular weight is 371 g/mol. The zero-order chi connectivity index (χ0) is 18.3. The molecule has 4 rings (SSSR count). The molecule has 26 heavy (non-hydrogen) atoms. The molecule has 0 saturated carbocycles. The molecule has 3 heterocycles. The molecule has 0 spiro atoms. The van der Waals surface area contributed by atoms with E-state index in [1.54, 1.807) is 18.4 Å². The van der Waals surface area contributed by atoms with Gasteiger partial charge in [0, 0.05) is 17.3 Å². The Kier molecular flexibility index (Phi) is 4.32. The van der Waals surface area contributed by atoms with Crippen molar-refractivity contribution in [1.82, 2.24) is 4.98 Å². The molecular formula is C20H19ClN2O3. The number of halogens is 1. The first-order valence-corrected chi connectivity index (χ1v) is 9.00. The van der Waals surface area contributed by atoms with Crippen LogP contribution in [0.25, 0.3) is 11.7 Å². The molecule has 6 heteroatoms. The van der Waals surface area contributed by atoms with Gasteiger partial charge in [0.2, 0.25) is 5.91 Å². The zero-order valence-corrected chi connectivity index (χ0v) is 15.5. The number of benzene rings is 1. The fraction of sp³-hybridized carbons (Fsp3) is 0.300. The van der Waals surface area contributed by atoms with Crippen LogP contribution in [0.5, 0.6) is 0 Å². The molecule has 1 aliphatic rings. The lowest BCUT2D eigenvalue weighted by Gasteiger charge is -2.31. The third kappa shape index (κ3) is 3.03. The summed E-state index contributed by atoms with van der Waals surface area (Å²) in [6.07, 6.45) is 3.62. The van der Waals surface area contributed by atoms with E-state index in [4.69, 9.17) is 20.4 Å². The van der Waals surface area contributed by atoms with Crippen LogP contribution >= 0.6 is 11.6 Å². The van der Waals surface area contributed by atoms with Crippen molar-refractivity contribution in [1.29, 1.82) is 0 Å². The number of anilines is 1. The van der Waals surface area contributed by atoms with E-state index >= 15 is 0 Å². The van der Waals surface area contributed by atoms with Crippen molar-refractivity contribution in [3.63, 3.8) is 0 Å². The number of carbonyl (C=O) groups is 1. The van der Waals surface area contributed by atoms with Crippen LogP contribution in [0.15, 0.2) is 39.4 Å². The zero-order valence-electron chi connectivity index (χ0n) is 14.7. The summed E-state index contributed by atoms with van der Waals surface area (Å²) in [7, 11) is 0. The quantitative estimate of drug-likeness (QED) is 0.668. The number of carbonyl (C=O) groups excluding carboxylic acids is 1. The molecule has 0 bridgehead atoms. The number of fused-ring (bicyclic) bond motifs is 1. The summed E-state index contributed by atoms with van der Waals surface area (Å²) in [5, 5.41) is 0.714. The number of aromatic nitrogens is 1. The lowest BCUT2D eigenvalue weighted by atomic mass is 9.97. The third-order valence-electron chi connectivity index (χ3n) is 4.69. The van der Waals surface area contributed by atoms with Crippen molar-refractivity contribution in [3.8, 4) is 11.7 Å². The molecule has 1 amide bonds. The molecule has 0 unspecified atom stereocenters. The number of hydrogen-bond acceptors (Lipinski definition) is 4. The highest BCUT2D eigenvalue weighted by atomic mass is 35.5. The molecular weight excluding hydrogens is 352 g/mol. The maximum atomic E-state index is 13.0. The van der Waals surface area contributed by atoms with Gasteiger partial charge in [-0.2, -0.15) is 0 Å². The van der Waals surface area contributed by atoms with Gasteiger partial charge in [-0.15, -0.1) is 0 Å². The molecule has 1 aromatic carbocycles. The van der Waals surface area contributed by atoms with E-state index in [0.29, 0.717) is 34.7 Å². The highest BCUT2D eigenvalue weighted by Crippen LogP contribution is 2.34. The number of rotatable bonds is 3. The van der Waals surface area contributed by atoms with Gasteiger partial charge in [-0.05, 0) is 62.1 Å². The Balaban J connectivity index is 1.61. The minimum atomic E-state index is 0.0127. The van der Waals surface area contributed by atoms with Gasteiger partial charge in [0.25, 0.3) is 5.89 Å². The summed E-state index contributed by atoms with van der Waals surface area (Å²) in [5.41, 5.74) is 3.77. The van der Waals surface area contributed by atoms with Crippen LogP contribution in [0.3, 0.4) is 0 Å². The first-order chi connectivity index (χ1) is 12.5. The van der Waals surface area contributed by atoms with Crippen molar-refractivity contribution < 1.29 is 13.6 Å². The number of nitrogens with zero attached hydrogens (tertiary/aromatic N) is 2. The van der Waals surface area contributed by atoms with E-state index in [-0.39, 0.29) is 12.3 Å². The summed E-state index contributed by atoms with van der Waals surface area (Å²) in [4.78, 5) is 19.3. The van der Waals surface area contributed by atoms with E-state index in [2.05, 4.69) is 4.98 Å². The molecule has 2 aromatic heterocycles. The SMILES string of the molecule is Cc1cc(Cl)cc2c1N(C(=O)Cc1nc(-c3ccco3)oc1C)CCC2. The van der Waals surface area contributed by atoms with Crippen LogP contribution in [0.2, 0.25) is 5.02 Å². The topological polar surface area (TPSA) is 59.5 Å². The molecule has 0 N–H and O–H groups in total. The second-order valence-electron chi connectivity index (χ2n) is 6.56. The van der Waals surface area contributed by atoms with Crippen molar-refractivity contribution in [2.24, 2.45) is 0 Å².